The number of imidazole rings is 1. The average molecular weight is 341 g/mol. The van der Waals surface area contributed by atoms with Gasteiger partial charge < -0.3 is 26.4 Å². The number of aliphatic hydroxyl groups excluding tert-OH is 2. The van der Waals surface area contributed by atoms with E-state index in [1.807, 2.05) is 0 Å². The van der Waals surface area contributed by atoms with Crippen LogP contribution in [0.5, 0.6) is 0 Å². The van der Waals surface area contributed by atoms with E-state index in [1.165, 1.54) is 10.9 Å². The number of nitrogens with two attached hydrogens (primary N) is 2. The van der Waals surface area contributed by atoms with Crippen LogP contribution in [0.3, 0.4) is 0 Å². The number of anilines is 1. The second-order valence-electron chi connectivity index (χ2n) is 5.08. The van der Waals surface area contributed by atoms with Gasteiger partial charge in [-0.1, -0.05) is 5.92 Å². The zero-order chi connectivity index (χ0) is 16.8. The first-order valence-electron chi connectivity index (χ1n) is 6.50. The Balaban J connectivity index is 2.20. The second kappa shape index (κ2) is 5.48. The Morgan fingerprint density at radius 2 is 2.35 bits per heavy atom. The molecule has 2 aromatic rings. The largest absolute Gasteiger partial charge is 0.394 e. The molecular formula is C12H13ClN6O4. The minimum absolute atomic E-state index is 0.0194. The molecule has 0 aromatic carbocycles. The standard InChI is InChI=1S/C12H13ClN6O4/c13-2-1-12(15)7(21)5(3-20)23-10(12)19-4-16-6-8(19)17-11(14)18-9(6)22/h4-5,7,10,20-21H,3,15H2,(H3,14,17,18,22)/t5-,7?,10-,12-/m1/s1. The molecule has 4 atom stereocenters. The molecule has 1 aliphatic heterocycles. The summed E-state index contributed by atoms with van der Waals surface area (Å²) in [6, 6.07) is 0. The van der Waals surface area contributed by atoms with Crippen LogP contribution in [0.25, 0.3) is 11.2 Å². The van der Waals surface area contributed by atoms with Gasteiger partial charge in [0.25, 0.3) is 5.56 Å². The third-order valence-electron chi connectivity index (χ3n) is 3.70. The number of nitrogens with one attached hydrogen (secondary N) is 1. The monoisotopic (exact) mass is 340 g/mol. The molecule has 23 heavy (non-hydrogen) atoms. The van der Waals surface area contributed by atoms with Gasteiger partial charge in [0.15, 0.2) is 22.9 Å². The average Bonchev–Trinajstić information content (AvgIpc) is 3.01. The van der Waals surface area contributed by atoms with Crippen molar-refractivity contribution < 1.29 is 14.9 Å². The highest BCUT2D eigenvalue weighted by atomic mass is 35.5. The summed E-state index contributed by atoms with van der Waals surface area (Å²) >= 11 is 5.44. The summed E-state index contributed by atoms with van der Waals surface area (Å²) in [5, 5.41) is 21.7. The number of fused-ring (bicyclic) bond motifs is 1. The maximum absolute atomic E-state index is 11.8. The summed E-state index contributed by atoms with van der Waals surface area (Å²) in [5.41, 5.74) is 9.64. The van der Waals surface area contributed by atoms with Crippen molar-refractivity contribution in [1.29, 1.82) is 0 Å². The highest BCUT2D eigenvalue weighted by molar-refractivity contribution is 6.30. The first kappa shape index (κ1) is 15.7. The molecule has 0 spiro atoms. The predicted molar refractivity (Wildman–Crippen MR) is 80.1 cm³/mol. The fourth-order valence-electron chi connectivity index (χ4n) is 2.58. The van der Waals surface area contributed by atoms with Crippen molar-refractivity contribution in [2.24, 2.45) is 5.73 Å². The molecule has 7 N–H and O–H groups in total. The van der Waals surface area contributed by atoms with Crippen LogP contribution in [0.4, 0.5) is 5.95 Å². The molecule has 1 aliphatic rings. The van der Waals surface area contributed by atoms with Crippen molar-refractivity contribution in [3.05, 3.63) is 16.7 Å². The number of aromatic nitrogens is 4. The molecule has 0 bridgehead atoms. The zero-order valence-corrected chi connectivity index (χ0v) is 12.4. The van der Waals surface area contributed by atoms with Crippen LogP contribution in [-0.2, 0) is 4.74 Å². The summed E-state index contributed by atoms with van der Waals surface area (Å²) in [7, 11) is 0. The van der Waals surface area contributed by atoms with Crippen molar-refractivity contribution in [2.45, 2.75) is 24.0 Å². The van der Waals surface area contributed by atoms with Crippen molar-refractivity contribution in [1.82, 2.24) is 19.5 Å². The Kier molecular flexibility index (Phi) is 3.75. The van der Waals surface area contributed by atoms with E-state index in [-0.39, 0.29) is 17.1 Å². The second-order valence-corrected chi connectivity index (χ2v) is 5.27. The zero-order valence-electron chi connectivity index (χ0n) is 11.6. The number of rotatable bonds is 2. The molecule has 3 rings (SSSR count). The quantitative estimate of drug-likeness (QED) is 0.386. The van der Waals surface area contributed by atoms with Crippen molar-refractivity contribution >= 4 is 28.7 Å². The highest BCUT2D eigenvalue weighted by Crippen LogP contribution is 2.37. The number of H-pyrrole nitrogens is 1. The van der Waals surface area contributed by atoms with Crippen molar-refractivity contribution in [3.8, 4) is 11.3 Å². The lowest BCUT2D eigenvalue weighted by Gasteiger charge is -2.27. The van der Waals surface area contributed by atoms with Gasteiger partial charge in [0.2, 0.25) is 5.95 Å². The van der Waals surface area contributed by atoms with Gasteiger partial charge in [0, 0.05) is 5.38 Å². The van der Waals surface area contributed by atoms with Gasteiger partial charge in [0.05, 0.1) is 12.9 Å². The summed E-state index contributed by atoms with van der Waals surface area (Å²) in [6.07, 6.45) is -2.12. The molecule has 3 heterocycles. The van der Waals surface area contributed by atoms with Crippen LogP contribution >= 0.6 is 11.6 Å². The number of hydrogen-bond donors (Lipinski definition) is 5. The molecule has 2 aromatic heterocycles. The SMILES string of the molecule is Nc1nc2c(ncn2[C@@H]2O[C@H](CO)C(O)[C@]2(N)C#CCl)c(=O)[nH]1. The Bertz CT molecular complexity index is 870. The van der Waals surface area contributed by atoms with Gasteiger partial charge in [-0.25, -0.2) is 4.98 Å². The highest BCUT2D eigenvalue weighted by Gasteiger charge is 2.54. The van der Waals surface area contributed by atoms with Gasteiger partial charge in [0.1, 0.15) is 12.2 Å². The minimum atomic E-state index is -1.64. The molecule has 1 saturated heterocycles. The molecule has 11 heteroatoms. The maximum Gasteiger partial charge on any atom is 0.280 e. The predicted octanol–water partition coefficient (Wildman–Crippen LogP) is -2.15. The molecule has 0 aliphatic carbocycles. The normalized spacial score (nSPS) is 30.3. The Hall–Kier alpha value is -2.16. The van der Waals surface area contributed by atoms with E-state index in [4.69, 9.17) is 27.8 Å². The Morgan fingerprint density at radius 3 is 3.00 bits per heavy atom. The van der Waals surface area contributed by atoms with Crippen LogP contribution < -0.4 is 17.0 Å². The van der Waals surface area contributed by atoms with Crippen LogP contribution in [-0.4, -0.2) is 54.1 Å². The third-order valence-corrected chi connectivity index (χ3v) is 3.80. The van der Waals surface area contributed by atoms with Crippen LogP contribution in [0.15, 0.2) is 11.1 Å². The van der Waals surface area contributed by atoms with E-state index in [1.54, 1.807) is 0 Å². The molecule has 122 valence electrons. The van der Waals surface area contributed by atoms with Gasteiger partial charge in [-0.05, 0) is 11.6 Å². The third kappa shape index (κ3) is 2.26. The Labute approximate surface area is 134 Å². The van der Waals surface area contributed by atoms with Crippen molar-refractivity contribution in [3.63, 3.8) is 0 Å². The van der Waals surface area contributed by atoms with E-state index in [2.05, 4.69) is 26.3 Å². The first-order chi connectivity index (χ1) is 10.9. The van der Waals surface area contributed by atoms with Crippen LogP contribution in [0, 0.1) is 11.3 Å². The summed E-state index contributed by atoms with van der Waals surface area (Å²) in [4.78, 5) is 22.1. The number of halogens is 1. The molecule has 0 radical (unpaired) electrons. The number of aromatic amines is 1. The van der Waals surface area contributed by atoms with Gasteiger partial charge in [-0.3, -0.25) is 14.3 Å². The van der Waals surface area contributed by atoms with Gasteiger partial charge >= 0.3 is 0 Å². The summed E-state index contributed by atoms with van der Waals surface area (Å²) in [6.45, 7) is -0.483. The van der Waals surface area contributed by atoms with E-state index in [0.717, 1.165) is 0 Å². The summed E-state index contributed by atoms with van der Waals surface area (Å²) in [5.74, 6) is 2.36. The molecule has 0 saturated carbocycles. The number of aliphatic hydroxyl groups is 2. The molecule has 1 fully saturated rings. The Morgan fingerprint density at radius 1 is 1.61 bits per heavy atom. The number of nitrogen functional groups attached to an aromatic ring is 1. The maximum atomic E-state index is 11.8. The van der Waals surface area contributed by atoms with E-state index in [0.29, 0.717) is 0 Å². The fraction of sp³-hybridized carbons (Fsp3) is 0.417. The fourth-order valence-corrected chi connectivity index (χ4v) is 2.74. The molecular weight excluding hydrogens is 328 g/mol. The molecule has 0 amide bonds. The molecule has 10 nitrogen and oxygen atoms in total. The van der Waals surface area contributed by atoms with Crippen LogP contribution in [0.1, 0.15) is 6.23 Å². The van der Waals surface area contributed by atoms with Crippen molar-refractivity contribution in [2.75, 3.05) is 12.3 Å². The molecule has 1 unspecified atom stereocenters. The van der Waals surface area contributed by atoms with Gasteiger partial charge in [-0.2, -0.15) is 4.98 Å². The smallest absolute Gasteiger partial charge is 0.280 e. The van der Waals surface area contributed by atoms with Crippen LogP contribution in [0.2, 0.25) is 0 Å². The lowest BCUT2D eigenvalue weighted by molar-refractivity contribution is -0.0447. The lowest BCUT2D eigenvalue weighted by atomic mass is 9.92. The minimum Gasteiger partial charge on any atom is -0.394 e. The first-order valence-corrected chi connectivity index (χ1v) is 6.88. The van der Waals surface area contributed by atoms with Gasteiger partial charge in [-0.15, -0.1) is 0 Å². The number of nitrogens with zero attached hydrogens (tertiary/aromatic N) is 3. The summed E-state index contributed by atoms with van der Waals surface area (Å²) < 4.78 is 6.89. The van der Waals surface area contributed by atoms with E-state index in [9.17, 15) is 15.0 Å². The van der Waals surface area contributed by atoms with E-state index >= 15 is 0 Å². The topological polar surface area (TPSA) is 165 Å². The number of ether oxygens (including phenoxy) is 1. The van der Waals surface area contributed by atoms with E-state index < -0.39 is 36.1 Å². The lowest BCUT2D eigenvalue weighted by Crippen LogP contribution is -2.53. The number of hydrogen-bond acceptors (Lipinski definition) is 8.